The maximum Gasteiger partial charge on any atom is 0.150 e. The van der Waals surface area contributed by atoms with Crippen LogP contribution in [0.25, 0.3) is 0 Å². The molecule has 0 aromatic heterocycles. The van der Waals surface area contributed by atoms with Crippen LogP contribution in [0.5, 0.6) is 0 Å². The van der Waals surface area contributed by atoms with Gasteiger partial charge in [-0.05, 0) is 44.2 Å². The highest BCUT2D eigenvalue weighted by atomic mass is 32.2. The molecule has 19 heavy (non-hydrogen) atoms. The molecule has 0 spiro atoms. The van der Waals surface area contributed by atoms with Crippen LogP contribution in [-0.4, -0.2) is 26.5 Å². The maximum absolute atomic E-state index is 11.4. The van der Waals surface area contributed by atoms with Crippen LogP contribution in [0.1, 0.15) is 30.9 Å². The summed E-state index contributed by atoms with van der Waals surface area (Å²) in [5.74, 6) is 0.889. The molecular weight excluding hydrogens is 258 g/mol. The lowest BCUT2D eigenvalue weighted by atomic mass is 9.94. The summed E-state index contributed by atoms with van der Waals surface area (Å²) in [6.45, 7) is 4.39. The van der Waals surface area contributed by atoms with Gasteiger partial charge in [-0.25, -0.2) is 8.42 Å². The van der Waals surface area contributed by atoms with Crippen LogP contribution < -0.4 is 5.73 Å². The Bertz CT molecular complexity index is 483. The number of nitrogens with two attached hydrogens (primary N) is 1. The molecule has 0 radical (unpaired) electrons. The van der Waals surface area contributed by atoms with Crippen molar-refractivity contribution < 1.29 is 8.42 Å². The van der Waals surface area contributed by atoms with Gasteiger partial charge in [-0.1, -0.05) is 36.8 Å². The van der Waals surface area contributed by atoms with Crippen molar-refractivity contribution in [2.45, 2.75) is 33.1 Å². The van der Waals surface area contributed by atoms with E-state index in [1.165, 1.54) is 11.1 Å². The number of sulfone groups is 1. The van der Waals surface area contributed by atoms with Crippen LogP contribution in [0, 0.1) is 12.8 Å². The van der Waals surface area contributed by atoms with Gasteiger partial charge in [0.1, 0.15) is 9.84 Å². The minimum Gasteiger partial charge on any atom is -0.330 e. The summed E-state index contributed by atoms with van der Waals surface area (Å²) >= 11 is 0. The summed E-state index contributed by atoms with van der Waals surface area (Å²) in [5.41, 5.74) is 8.33. The van der Waals surface area contributed by atoms with Gasteiger partial charge in [0.25, 0.3) is 0 Å². The second-order valence-electron chi connectivity index (χ2n) is 5.17. The maximum atomic E-state index is 11.4. The SMILES string of the molecule is CCS(=O)(=O)CCCC(CN)Cc1cccc(C)c1. The Morgan fingerprint density at radius 3 is 2.63 bits per heavy atom. The molecular formula is C15H25NO2S. The average molecular weight is 283 g/mol. The highest BCUT2D eigenvalue weighted by Gasteiger charge is 2.11. The van der Waals surface area contributed by atoms with Gasteiger partial charge < -0.3 is 5.73 Å². The van der Waals surface area contributed by atoms with Crippen LogP contribution in [-0.2, 0) is 16.3 Å². The van der Waals surface area contributed by atoms with E-state index in [0.29, 0.717) is 18.9 Å². The standard InChI is InChI=1S/C15H25NO2S/c1-3-19(17,18)9-5-8-15(12-16)11-14-7-4-6-13(2)10-14/h4,6-7,10,15H,3,5,8-9,11-12,16H2,1-2H3. The molecule has 1 aromatic rings. The molecule has 0 aliphatic rings. The number of hydrogen-bond donors (Lipinski definition) is 1. The number of aryl methyl sites for hydroxylation is 1. The Morgan fingerprint density at radius 1 is 1.32 bits per heavy atom. The largest absolute Gasteiger partial charge is 0.330 e. The topological polar surface area (TPSA) is 60.2 Å². The average Bonchev–Trinajstić information content (AvgIpc) is 2.37. The molecule has 4 heteroatoms. The highest BCUT2D eigenvalue weighted by molar-refractivity contribution is 7.91. The summed E-state index contributed by atoms with van der Waals surface area (Å²) in [4.78, 5) is 0. The second-order valence-corrected chi connectivity index (χ2v) is 7.65. The molecule has 2 N–H and O–H groups in total. The van der Waals surface area contributed by atoms with Gasteiger partial charge in [0.15, 0.2) is 0 Å². The van der Waals surface area contributed by atoms with Gasteiger partial charge in [-0.15, -0.1) is 0 Å². The minimum atomic E-state index is -2.84. The van der Waals surface area contributed by atoms with Crippen molar-refractivity contribution in [1.29, 1.82) is 0 Å². The lowest BCUT2D eigenvalue weighted by molar-refractivity contribution is 0.485. The van der Waals surface area contributed by atoms with Gasteiger partial charge >= 0.3 is 0 Å². The summed E-state index contributed by atoms with van der Waals surface area (Å²) in [6, 6.07) is 8.42. The molecule has 0 saturated carbocycles. The minimum absolute atomic E-state index is 0.234. The number of hydrogen-bond acceptors (Lipinski definition) is 3. The quantitative estimate of drug-likeness (QED) is 0.796. The van der Waals surface area contributed by atoms with E-state index in [1.807, 2.05) is 0 Å². The lowest BCUT2D eigenvalue weighted by Gasteiger charge is -2.15. The van der Waals surface area contributed by atoms with Crippen LogP contribution in [0.4, 0.5) is 0 Å². The van der Waals surface area contributed by atoms with Crippen molar-refractivity contribution in [2.75, 3.05) is 18.1 Å². The van der Waals surface area contributed by atoms with E-state index >= 15 is 0 Å². The molecule has 0 saturated heterocycles. The molecule has 0 aliphatic carbocycles. The zero-order chi connectivity index (χ0) is 14.3. The first-order valence-electron chi connectivity index (χ1n) is 6.93. The molecule has 3 nitrogen and oxygen atoms in total. The Labute approximate surface area is 117 Å². The van der Waals surface area contributed by atoms with Crippen molar-refractivity contribution in [1.82, 2.24) is 0 Å². The van der Waals surface area contributed by atoms with Gasteiger partial charge in [0.2, 0.25) is 0 Å². The normalized spacial score (nSPS) is 13.4. The zero-order valence-corrected chi connectivity index (χ0v) is 12.7. The Balaban J connectivity index is 2.46. The first-order valence-corrected chi connectivity index (χ1v) is 8.75. The van der Waals surface area contributed by atoms with Crippen LogP contribution >= 0.6 is 0 Å². The Hall–Kier alpha value is -0.870. The van der Waals surface area contributed by atoms with E-state index in [2.05, 4.69) is 31.2 Å². The molecule has 1 aromatic carbocycles. The first-order chi connectivity index (χ1) is 8.96. The van der Waals surface area contributed by atoms with Crippen molar-refractivity contribution in [2.24, 2.45) is 11.7 Å². The molecule has 0 aliphatic heterocycles. The predicted octanol–water partition coefficient (Wildman–Crippen LogP) is 2.33. The fraction of sp³-hybridized carbons (Fsp3) is 0.600. The molecule has 0 amide bonds. The molecule has 1 rings (SSSR count). The smallest absolute Gasteiger partial charge is 0.150 e. The third-order valence-corrected chi connectivity index (χ3v) is 5.24. The summed E-state index contributed by atoms with van der Waals surface area (Å²) < 4.78 is 22.9. The Kier molecular flexibility index (Phi) is 6.52. The van der Waals surface area contributed by atoms with Crippen LogP contribution in [0.3, 0.4) is 0 Å². The van der Waals surface area contributed by atoms with Crippen molar-refractivity contribution in [3.05, 3.63) is 35.4 Å². The van der Waals surface area contributed by atoms with E-state index < -0.39 is 9.84 Å². The van der Waals surface area contributed by atoms with E-state index in [4.69, 9.17) is 5.73 Å². The first kappa shape index (κ1) is 16.2. The molecule has 0 fully saturated rings. The molecule has 0 heterocycles. The zero-order valence-electron chi connectivity index (χ0n) is 11.9. The van der Waals surface area contributed by atoms with Gasteiger partial charge in [0, 0.05) is 5.75 Å². The second kappa shape index (κ2) is 7.65. The molecule has 1 unspecified atom stereocenters. The molecule has 0 bridgehead atoms. The summed E-state index contributed by atoms with van der Waals surface area (Å²) in [6.07, 6.45) is 2.53. The monoisotopic (exact) mass is 283 g/mol. The van der Waals surface area contributed by atoms with Crippen LogP contribution in [0.15, 0.2) is 24.3 Å². The van der Waals surface area contributed by atoms with Crippen molar-refractivity contribution >= 4 is 9.84 Å². The van der Waals surface area contributed by atoms with E-state index in [0.717, 1.165) is 12.8 Å². The van der Waals surface area contributed by atoms with Crippen LogP contribution in [0.2, 0.25) is 0 Å². The highest BCUT2D eigenvalue weighted by Crippen LogP contribution is 2.15. The predicted molar refractivity (Wildman–Crippen MR) is 81.0 cm³/mol. The van der Waals surface area contributed by atoms with Gasteiger partial charge in [-0.2, -0.15) is 0 Å². The number of rotatable bonds is 8. The Morgan fingerprint density at radius 2 is 2.05 bits per heavy atom. The molecule has 108 valence electrons. The molecule has 1 atom stereocenters. The van der Waals surface area contributed by atoms with Gasteiger partial charge in [-0.3, -0.25) is 0 Å². The third-order valence-electron chi connectivity index (χ3n) is 3.45. The van der Waals surface area contributed by atoms with E-state index in [-0.39, 0.29) is 11.5 Å². The third kappa shape index (κ3) is 6.21. The number of benzene rings is 1. The summed E-state index contributed by atoms with van der Waals surface area (Å²) in [5, 5.41) is 0. The van der Waals surface area contributed by atoms with Crippen molar-refractivity contribution in [3.8, 4) is 0 Å². The van der Waals surface area contributed by atoms with E-state index in [9.17, 15) is 8.42 Å². The van der Waals surface area contributed by atoms with Crippen molar-refractivity contribution in [3.63, 3.8) is 0 Å². The van der Waals surface area contributed by atoms with Gasteiger partial charge in [0.05, 0.1) is 5.75 Å². The summed E-state index contributed by atoms with van der Waals surface area (Å²) in [7, 11) is -2.84. The fourth-order valence-electron chi connectivity index (χ4n) is 2.21. The van der Waals surface area contributed by atoms with E-state index in [1.54, 1.807) is 6.92 Å². The lowest BCUT2D eigenvalue weighted by Crippen LogP contribution is -2.18. The fourth-order valence-corrected chi connectivity index (χ4v) is 3.11.